The van der Waals surface area contributed by atoms with Gasteiger partial charge >= 0.3 is 5.97 Å². The van der Waals surface area contributed by atoms with Crippen LogP contribution in [0.4, 0.5) is 0 Å². The van der Waals surface area contributed by atoms with Crippen molar-refractivity contribution in [3.63, 3.8) is 0 Å². The van der Waals surface area contributed by atoms with E-state index in [1.165, 1.54) is 16.2 Å². The molecule has 3 aromatic rings. The smallest absolute Gasteiger partial charge is 0.326 e. The average Bonchev–Trinajstić information content (AvgIpc) is 3.27. The highest BCUT2D eigenvalue weighted by molar-refractivity contribution is 7.17. The molecule has 1 aromatic heterocycles. The number of carbonyl (C=O) groups is 3. The highest BCUT2D eigenvalue weighted by atomic mass is 32.1. The summed E-state index contributed by atoms with van der Waals surface area (Å²) in [6.45, 7) is 3.70. The van der Waals surface area contributed by atoms with Gasteiger partial charge in [-0.15, -0.1) is 11.3 Å². The number of benzene rings is 2. The number of thiophene rings is 1. The molecule has 0 bridgehead atoms. The van der Waals surface area contributed by atoms with Gasteiger partial charge in [0.2, 0.25) is 5.91 Å². The van der Waals surface area contributed by atoms with Gasteiger partial charge in [0, 0.05) is 16.8 Å². The first-order valence-electron chi connectivity index (χ1n) is 10.7. The standard InChI is InChI=1S/C26H28N2O4S/c1-26(2,17-18-9-5-3-6-10-18)28(20(25(31)32)13-16-23(27)29)24(30)22-15-14-21(33-22)19-11-7-4-8-12-19/h3-12,14-15,20H,13,16-17H2,1-2H3,(H2,27,29)(H,31,32)/t20-/m0/s1. The van der Waals surface area contributed by atoms with Crippen LogP contribution in [0.1, 0.15) is 41.9 Å². The Bertz CT molecular complexity index is 1110. The molecule has 0 unspecified atom stereocenters. The summed E-state index contributed by atoms with van der Waals surface area (Å²) in [6, 6.07) is 21.7. The largest absolute Gasteiger partial charge is 0.480 e. The number of nitrogens with two attached hydrogens (primary N) is 1. The molecule has 2 amide bonds. The quantitative estimate of drug-likeness (QED) is 0.458. The van der Waals surface area contributed by atoms with Crippen LogP contribution in [-0.2, 0) is 16.0 Å². The Hall–Kier alpha value is -3.45. The van der Waals surface area contributed by atoms with Crippen molar-refractivity contribution < 1.29 is 19.5 Å². The van der Waals surface area contributed by atoms with E-state index in [1.54, 1.807) is 6.07 Å². The van der Waals surface area contributed by atoms with Gasteiger partial charge < -0.3 is 15.7 Å². The number of carboxylic acid groups (broad SMARTS) is 1. The Kier molecular flexibility index (Phi) is 7.66. The van der Waals surface area contributed by atoms with Crippen LogP contribution in [-0.4, -0.2) is 39.4 Å². The van der Waals surface area contributed by atoms with Crippen molar-refractivity contribution in [2.24, 2.45) is 5.73 Å². The summed E-state index contributed by atoms with van der Waals surface area (Å²) in [7, 11) is 0. The fourth-order valence-corrected chi connectivity index (χ4v) is 4.94. The van der Waals surface area contributed by atoms with E-state index in [2.05, 4.69) is 0 Å². The zero-order chi connectivity index (χ0) is 24.0. The second kappa shape index (κ2) is 10.4. The van der Waals surface area contributed by atoms with Crippen molar-refractivity contribution in [2.75, 3.05) is 0 Å². The van der Waals surface area contributed by atoms with E-state index in [1.807, 2.05) is 80.6 Å². The first kappa shape index (κ1) is 24.2. The molecule has 0 aliphatic heterocycles. The summed E-state index contributed by atoms with van der Waals surface area (Å²) in [6.07, 6.45) is 0.282. The maximum Gasteiger partial charge on any atom is 0.326 e. The maximum absolute atomic E-state index is 13.8. The van der Waals surface area contributed by atoms with Crippen LogP contribution < -0.4 is 5.73 Å². The number of hydrogen-bond acceptors (Lipinski definition) is 4. The number of hydrogen-bond donors (Lipinski definition) is 2. The van der Waals surface area contributed by atoms with Crippen LogP contribution in [0.15, 0.2) is 72.8 Å². The van der Waals surface area contributed by atoms with E-state index in [4.69, 9.17) is 5.73 Å². The molecule has 0 radical (unpaired) electrons. The van der Waals surface area contributed by atoms with Crippen LogP contribution in [0.2, 0.25) is 0 Å². The monoisotopic (exact) mass is 464 g/mol. The molecule has 7 heteroatoms. The van der Waals surface area contributed by atoms with Crippen LogP contribution in [0.25, 0.3) is 10.4 Å². The zero-order valence-electron chi connectivity index (χ0n) is 18.7. The summed E-state index contributed by atoms with van der Waals surface area (Å²) in [5, 5.41) is 10.0. The molecule has 2 aromatic carbocycles. The molecular formula is C26H28N2O4S. The van der Waals surface area contributed by atoms with E-state index in [-0.39, 0.29) is 18.7 Å². The lowest BCUT2D eigenvalue weighted by molar-refractivity contribution is -0.144. The summed E-state index contributed by atoms with van der Waals surface area (Å²) in [4.78, 5) is 40.2. The lowest BCUT2D eigenvalue weighted by Gasteiger charge is -2.42. The molecule has 33 heavy (non-hydrogen) atoms. The zero-order valence-corrected chi connectivity index (χ0v) is 19.5. The first-order chi connectivity index (χ1) is 15.7. The van der Waals surface area contributed by atoms with Gasteiger partial charge in [-0.3, -0.25) is 9.59 Å². The predicted molar refractivity (Wildman–Crippen MR) is 130 cm³/mol. The number of nitrogens with zero attached hydrogens (tertiary/aromatic N) is 1. The molecular weight excluding hydrogens is 436 g/mol. The summed E-state index contributed by atoms with van der Waals surface area (Å²) in [5.41, 5.74) is 6.43. The molecule has 6 nitrogen and oxygen atoms in total. The van der Waals surface area contributed by atoms with E-state index in [0.29, 0.717) is 11.3 Å². The Morgan fingerprint density at radius 3 is 2.15 bits per heavy atom. The predicted octanol–water partition coefficient (Wildman–Crippen LogP) is 4.60. The van der Waals surface area contributed by atoms with E-state index in [9.17, 15) is 19.5 Å². The molecule has 3 rings (SSSR count). The number of rotatable bonds is 10. The van der Waals surface area contributed by atoms with Crippen LogP contribution >= 0.6 is 11.3 Å². The van der Waals surface area contributed by atoms with Gasteiger partial charge in [-0.25, -0.2) is 4.79 Å². The van der Waals surface area contributed by atoms with Gasteiger partial charge in [-0.05, 0) is 49.9 Å². The van der Waals surface area contributed by atoms with Gasteiger partial charge in [0.25, 0.3) is 5.91 Å². The Balaban J connectivity index is 1.99. The lowest BCUT2D eigenvalue weighted by atomic mass is 9.90. The van der Waals surface area contributed by atoms with Gasteiger partial charge in [0.05, 0.1) is 4.88 Å². The molecule has 0 spiro atoms. The summed E-state index contributed by atoms with van der Waals surface area (Å²) >= 11 is 1.32. The van der Waals surface area contributed by atoms with Gasteiger partial charge in [-0.1, -0.05) is 60.7 Å². The van der Waals surface area contributed by atoms with Crippen molar-refractivity contribution in [1.29, 1.82) is 0 Å². The minimum atomic E-state index is -1.19. The highest BCUT2D eigenvalue weighted by Gasteiger charge is 2.41. The second-order valence-corrected chi connectivity index (χ2v) is 9.62. The number of carboxylic acids is 1. The maximum atomic E-state index is 13.8. The fourth-order valence-electron chi connectivity index (χ4n) is 3.99. The van der Waals surface area contributed by atoms with Crippen molar-refractivity contribution >= 4 is 29.1 Å². The molecule has 0 saturated heterocycles. The number of primary amides is 1. The first-order valence-corrected chi connectivity index (χ1v) is 11.5. The lowest BCUT2D eigenvalue weighted by Crippen LogP contribution is -2.57. The van der Waals surface area contributed by atoms with Crippen LogP contribution in [0.5, 0.6) is 0 Å². The van der Waals surface area contributed by atoms with Crippen molar-refractivity contribution in [3.8, 4) is 10.4 Å². The summed E-state index contributed by atoms with van der Waals surface area (Å²) < 4.78 is 0. The van der Waals surface area contributed by atoms with E-state index >= 15 is 0 Å². The SMILES string of the molecule is CC(C)(Cc1ccccc1)N(C(=O)c1ccc(-c2ccccc2)s1)[C@@H](CCC(N)=O)C(=O)O. The van der Waals surface area contributed by atoms with E-state index in [0.717, 1.165) is 16.0 Å². The van der Waals surface area contributed by atoms with Crippen LogP contribution in [0, 0.1) is 0 Å². The molecule has 1 heterocycles. The second-order valence-electron chi connectivity index (χ2n) is 8.54. The Morgan fingerprint density at radius 2 is 1.58 bits per heavy atom. The Labute approximate surface area is 197 Å². The molecule has 0 fully saturated rings. The third kappa shape index (κ3) is 6.08. The molecule has 1 atom stereocenters. The van der Waals surface area contributed by atoms with Gasteiger partial charge in [0.15, 0.2) is 0 Å². The van der Waals surface area contributed by atoms with Crippen molar-refractivity contribution in [3.05, 3.63) is 83.2 Å². The molecule has 172 valence electrons. The van der Waals surface area contributed by atoms with Crippen molar-refractivity contribution in [2.45, 2.75) is 44.7 Å². The molecule has 3 N–H and O–H groups in total. The number of carbonyl (C=O) groups excluding carboxylic acids is 2. The molecule has 0 aliphatic rings. The highest BCUT2D eigenvalue weighted by Crippen LogP contribution is 2.33. The average molecular weight is 465 g/mol. The van der Waals surface area contributed by atoms with Gasteiger partial charge in [-0.2, -0.15) is 0 Å². The van der Waals surface area contributed by atoms with Gasteiger partial charge in [0.1, 0.15) is 6.04 Å². The minimum absolute atomic E-state index is 0.0501. The van der Waals surface area contributed by atoms with Crippen molar-refractivity contribution in [1.82, 2.24) is 4.90 Å². The number of aliphatic carboxylic acids is 1. The third-order valence-electron chi connectivity index (χ3n) is 5.49. The summed E-state index contributed by atoms with van der Waals surface area (Å²) in [5.74, 6) is -2.14. The number of amides is 2. The molecule has 0 aliphatic carbocycles. The van der Waals surface area contributed by atoms with Crippen LogP contribution in [0.3, 0.4) is 0 Å². The van der Waals surface area contributed by atoms with E-state index < -0.39 is 23.5 Å². The third-order valence-corrected chi connectivity index (χ3v) is 6.61. The normalized spacial score (nSPS) is 12.2. The molecule has 0 saturated carbocycles. The topological polar surface area (TPSA) is 101 Å². The fraction of sp³-hybridized carbons (Fsp3) is 0.269. The minimum Gasteiger partial charge on any atom is -0.480 e. The Morgan fingerprint density at radius 1 is 0.970 bits per heavy atom.